The molecule has 0 saturated heterocycles. The molecular weight excluding hydrogens is 549 g/mol. The lowest BCUT2D eigenvalue weighted by atomic mass is 9.61. The van der Waals surface area contributed by atoms with Crippen molar-refractivity contribution in [2.24, 2.45) is 23.2 Å². The standard InChI is InChI=1S/C37H62O3Si2/c1-27(17-14-15-24-38)32-21-22-33-29(18-16-23-37(32,33)9)19-20-30-25-31(39-41(10,11)35(3,4)5)26-34(28(30)2)40-42(12,13)36(6,7)8/h19-20,24,27,31-34H,2,15-16,18,21-23,25-26H2,1,3-13H3/t27-,31-,32-,33+,34+,37-/m1/s1. The fourth-order valence-corrected chi connectivity index (χ4v) is 9.90. The van der Waals surface area contributed by atoms with E-state index in [2.05, 4.69) is 112 Å². The van der Waals surface area contributed by atoms with Crippen LogP contribution in [0.3, 0.4) is 0 Å². The highest BCUT2D eigenvalue weighted by molar-refractivity contribution is 6.74. The van der Waals surface area contributed by atoms with Crippen LogP contribution in [0.4, 0.5) is 0 Å². The Kier molecular flexibility index (Phi) is 11.0. The number of fused-ring (bicyclic) bond motifs is 1. The Morgan fingerprint density at radius 1 is 1.02 bits per heavy atom. The first kappa shape index (κ1) is 35.3. The second-order valence-corrected chi connectivity index (χ2v) is 26.4. The number of rotatable bonds is 7. The monoisotopic (exact) mass is 610 g/mol. The zero-order chi connectivity index (χ0) is 31.7. The van der Waals surface area contributed by atoms with Crippen LogP contribution < -0.4 is 0 Å². The number of hydrogen-bond donors (Lipinski definition) is 0. The van der Waals surface area contributed by atoms with Gasteiger partial charge in [-0.2, -0.15) is 0 Å². The molecule has 0 amide bonds. The molecule has 3 fully saturated rings. The molecule has 5 heteroatoms. The smallest absolute Gasteiger partial charge is 0.192 e. The van der Waals surface area contributed by atoms with Crippen molar-refractivity contribution in [1.82, 2.24) is 0 Å². The molecule has 6 atom stereocenters. The first-order chi connectivity index (χ1) is 19.2. The molecule has 0 aromatic carbocycles. The maximum atomic E-state index is 10.8. The van der Waals surface area contributed by atoms with E-state index in [9.17, 15) is 4.79 Å². The normalized spacial score (nSPS) is 32.0. The van der Waals surface area contributed by atoms with E-state index in [1.807, 2.05) is 0 Å². The molecule has 0 radical (unpaired) electrons. The highest BCUT2D eigenvalue weighted by Crippen LogP contribution is 2.59. The Hall–Kier alpha value is -1.20. The lowest BCUT2D eigenvalue weighted by Gasteiger charge is -2.45. The van der Waals surface area contributed by atoms with Crippen molar-refractivity contribution in [2.75, 3.05) is 0 Å². The summed E-state index contributed by atoms with van der Waals surface area (Å²) < 4.78 is 14.1. The molecule has 0 aromatic rings. The van der Waals surface area contributed by atoms with Gasteiger partial charge in [0.15, 0.2) is 16.6 Å². The van der Waals surface area contributed by atoms with Crippen LogP contribution in [0.5, 0.6) is 0 Å². The molecule has 236 valence electrons. The summed E-state index contributed by atoms with van der Waals surface area (Å²) in [6.45, 7) is 32.8. The topological polar surface area (TPSA) is 35.5 Å². The van der Waals surface area contributed by atoms with Crippen molar-refractivity contribution in [3.8, 4) is 11.8 Å². The van der Waals surface area contributed by atoms with Gasteiger partial charge in [0, 0.05) is 12.3 Å². The van der Waals surface area contributed by atoms with Gasteiger partial charge in [-0.25, -0.2) is 0 Å². The van der Waals surface area contributed by atoms with Crippen molar-refractivity contribution in [1.29, 1.82) is 0 Å². The van der Waals surface area contributed by atoms with E-state index >= 15 is 0 Å². The maximum Gasteiger partial charge on any atom is 0.192 e. The van der Waals surface area contributed by atoms with Gasteiger partial charge in [-0.05, 0) is 103 Å². The highest BCUT2D eigenvalue weighted by Gasteiger charge is 2.50. The lowest BCUT2D eigenvalue weighted by Crippen LogP contribution is -2.49. The van der Waals surface area contributed by atoms with Crippen molar-refractivity contribution in [3.63, 3.8) is 0 Å². The molecule has 0 bridgehead atoms. The SMILES string of the molecule is C=C1C(=CC=C2CCC[C@]3(C)[C@@H]([C@H](C)C#CCC=O)CC[C@@H]23)C[C@@H](O[Si](C)(C)C(C)(C)C)C[C@@H]1O[Si](C)(C)C(C)(C)C. The zero-order valence-electron chi connectivity index (χ0n) is 29.2. The van der Waals surface area contributed by atoms with Gasteiger partial charge in [-0.1, -0.05) is 91.5 Å². The zero-order valence-corrected chi connectivity index (χ0v) is 31.2. The van der Waals surface area contributed by atoms with Crippen LogP contribution in [0.2, 0.25) is 36.3 Å². The summed E-state index contributed by atoms with van der Waals surface area (Å²) >= 11 is 0. The number of hydrogen-bond acceptors (Lipinski definition) is 3. The van der Waals surface area contributed by atoms with Crippen LogP contribution >= 0.6 is 0 Å². The molecule has 0 aliphatic heterocycles. The van der Waals surface area contributed by atoms with Crippen molar-refractivity contribution in [2.45, 2.75) is 155 Å². The Morgan fingerprint density at radius 2 is 1.64 bits per heavy atom. The van der Waals surface area contributed by atoms with E-state index in [4.69, 9.17) is 8.85 Å². The largest absolute Gasteiger partial charge is 0.413 e. The first-order valence-corrected chi connectivity index (χ1v) is 22.4. The van der Waals surface area contributed by atoms with Gasteiger partial charge in [-0.15, -0.1) is 0 Å². The predicted octanol–water partition coefficient (Wildman–Crippen LogP) is 10.4. The second-order valence-electron chi connectivity index (χ2n) is 16.8. The Balaban J connectivity index is 1.92. The minimum atomic E-state index is -1.98. The van der Waals surface area contributed by atoms with Crippen LogP contribution in [0.25, 0.3) is 0 Å². The van der Waals surface area contributed by atoms with Gasteiger partial charge in [0.25, 0.3) is 0 Å². The summed E-state index contributed by atoms with van der Waals surface area (Å²) in [5.41, 5.74) is 4.36. The van der Waals surface area contributed by atoms with Gasteiger partial charge in [-0.3, -0.25) is 0 Å². The van der Waals surface area contributed by atoms with Gasteiger partial charge in [0.05, 0.1) is 18.6 Å². The average molecular weight is 611 g/mol. The maximum absolute atomic E-state index is 10.8. The average Bonchev–Trinajstić information content (AvgIpc) is 3.21. The van der Waals surface area contributed by atoms with Crippen LogP contribution in [0.15, 0.2) is 35.5 Å². The molecule has 3 aliphatic carbocycles. The molecule has 0 spiro atoms. The molecular formula is C37H62O3Si2. The minimum absolute atomic E-state index is 0.0114. The van der Waals surface area contributed by atoms with E-state index < -0.39 is 16.6 Å². The predicted molar refractivity (Wildman–Crippen MR) is 184 cm³/mol. The summed E-state index contributed by atoms with van der Waals surface area (Å²) in [7, 11) is -3.91. The van der Waals surface area contributed by atoms with Gasteiger partial charge in [0.1, 0.15) is 6.29 Å². The molecule has 0 N–H and O–H groups in total. The molecule has 3 aliphatic rings. The van der Waals surface area contributed by atoms with Gasteiger partial charge >= 0.3 is 0 Å². The Morgan fingerprint density at radius 3 is 2.24 bits per heavy atom. The molecule has 42 heavy (non-hydrogen) atoms. The Labute approximate surface area is 261 Å². The van der Waals surface area contributed by atoms with Crippen molar-refractivity contribution in [3.05, 3.63) is 35.5 Å². The number of allylic oxidation sites excluding steroid dienone is 3. The minimum Gasteiger partial charge on any atom is -0.413 e. The summed E-state index contributed by atoms with van der Waals surface area (Å²) in [6, 6.07) is 0. The first-order valence-electron chi connectivity index (χ1n) is 16.6. The summed E-state index contributed by atoms with van der Waals surface area (Å²) in [5.74, 6) is 8.04. The van der Waals surface area contributed by atoms with E-state index in [1.54, 1.807) is 5.57 Å². The van der Waals surface area contributed by atoms with E-state index in [-0.39, 0.29) is 27.7 Å². The van der Waals surface area contributed by atoms with Crippen molar-refractivity contribution >= 4 is 22.9 Å². The highest BCUT2D eigenvalue weighted by atomic mass is 28.4. The molecule has 3 saturated carbocycles. The second kappa shape index (κ2) is 13.0. The van der Waals surface area contributed by atoms with E-state index in [1.165, 1.54) is 37.7 Å². The van der Waals surface area contributed by atoms with Crippen LogP contribution in [0, 0.1) is 35.0 Å². The summed E-state index contributed by atoms with van der Waals surface area (Å²) in [4.78, 5) is 10.8. The number of carbonyl (C=O) groups excluding carboxylic acids is 1. The summed E-state index contributed by atoms with van der Waals surface area (Å²) in [5, 5.41) is 0.316. The van der Waals surface area contributed by atoms with Crippen LogP contribution in [-0.2, 0) is 13.6 Å². The summed E-state index contributed by atoms with van der Waals surface area (Å²) in [6.07, 6.45) is 14.3. The fraction of sp³-hybridized carbons (Fsp3) is 0.757. The fourth-order valence-electron chi connectivity index (χ4n) is 7.23. The van der Waals surface area contributed by atoms with Crippen LogP contribution in [0.1, 0.15) is 107 Å². The van der Waals surface area contributed by atoms with E-state index in [0.29, 0.717) is 24.2 Å². The quantitative estimate of drug-likeness (QED) is 0.163. The molecule has 0 unspecified atom stereocenters. The van der Waals surface area contributed by atoms with E-state index in [0.717, 1.165) is 24.7 Å². The number of carbonyl (C=O) groups is 1. The molecule has 3 nitrogen and oxygen atoms in total. The molecule has 0 aromatic heterocycles. The van der Waals surface area contributed by atoms with Crippen LogP contribution in [-0.4, -0.2) is 35.1 Å². The third-order valence-corrected chi connectivity index (χ3v) is 20.9. The Bertz CT molecular complexity index is 1120. The van der Waals surface area contributed by atoms with Gasteiger partial charge < -0.3 is 13.6 Å². The molecule has 3 rings (SSSR count). The molecule has 0 heterocycles. The third-order valence-electron chi connectivity index (χ3n) is 11.9. The third kappa shape index (κ3) is 7.71. The lowest BCUT2D eigenvalue weighted by molar-refractivity contribution is -0.107. The van der Waals surface area contributed by atoms with Crippen molar-refractivity contribution < 1.29 is 13.6 Å². The number of aldehydes is 1. The van der Waals surface area contributed by atoms with Gasteiger partial charge in [0.2, 0.25) is 0 Å².